The third-order valence-electron chi connectivity index (χ3n) is 9.01. The predicted octanol–water partition coefficient (Wildman–Crippen LogP) is 4.89. The Balaban J connectivity index is 1.54. The fourth-order valence-electron chi connectivity index (χ4n) is 6.29. The van der Waals surface area contributed by atoms with Gasteiger partial charge in [0, 0.05) is 33.0 Å². The van der Waals surface area contributed by atoms with Crippen LogP contribution in [0, 0.1) is 11.7 Å². The second-order valence-corrected chi connectivity index (χ2v) is 15.3. The number of nitrogens with zero attached hydrogens (tertiary/aromatic N) is 1. The van der Waals surface area contributed by atoms with Gasteiger partial charge in [-0.05, 0) is 85.0 Å². The Morgan fingerprint density at radius 2 is 1.43 bits per heavy atom. The van der Waals surface area contributed by atoms with Crippen molar-refractivity contribution in [3.05, 3.63) is 101 Å². The van der Waals surface area contributed by atoms with Gasteiger partial charge in [0.1, 0.15) is 30.7 Å². The molecule has 0 spiro atoms. The molecule has 0 saturated carbocycles. The molecule has 0 aromatic heterocycles. The summed E-state index contributed by atoms with van der Waals surface area (Å²) in [5.74, 6) is -2.62. The number of benzene rings is 3. The highest BCUT2D eigenvalue weighted by Gasteiger charge is 2.48. The van der Waals surface area contributed by atoms with Gasteiger partial charge < -0.3 is 24.2 Å². The number of β-lactam (4-membered cyclic amide) rings is 1. The van der Waals surface area contributed by atoms with Gasteiger partial charge in [-0.3, -0.25) is 19.2 Å². The van der Waals surface area contributed by atoms with E-state index in [1.54, 1.807) is 17.0 Å². The number of ether oxygens (including phenoxy) is 3. The number of carbonyl (C=O) groups excluding carboxylic acids is 4. The van der Waals surface area contributed by atoms with Crippen LogP contribution in [0.25, 0.3) is 0 Å². The first-order valence-corrected chi connectivity index (χ1v) is 19.3. The van der Waals surface area contributed by atoms with Crippen LogP contribution in [0.15, 0.2) is 72.8 Å². The predicted molar refractivity (Wildman–Crippen MR) is 194 cm³/mol. The average Bonchev–Trinajstić information content (AvgIpc) is 3.10. The number of carbonyl (C=O) groups is 4. The number of aliphatic hydroxyl groups is 1. The molecule has 4 rings (SSSR count). The lowest BCUT2D eigenvalue weighted by atomic mass is 9.78. The fraction of sp³-hybridized carbons (Fsp3) is 0.436. The fourth-order valence-corrected chi connectivity index (χ4v) is 6.81. The molecule has 3 atom stereocenters. The monoisotopic (exact) mass is 754 g/mol. The van der Waals surface area contributed by atoms with Crippen LogP contribution in [0.5, 0.6) is 0 Å². The van der Waals surface area contributed by atoms with E-state index in [4.69, 9.17) is 14.2 Å². The van der Waals surface area contributed by atoms with E-state index in [2.05, 4.69) is 4.72 Å². The van der Waals surface area contributed by atoms with Gasteiger partial charge in [-0.1, -0.05) is 48.5 Å². The van der Waals surface area contributed by atoms with Crippen molar-refractivity contribution in [2.45, 2.75) is 77.0 Å². The minimum atomic E-state index is -3.27. The standard InChI is InChI=1S/C39H47FN2O10S/c1-26(43)50-24-39(47,25-51-27(2)44)22-21-30-7-11-32(12-8-30)37-35(19-20-36(52-28(3)45)31-13-15-33(40)16-14-31)38(46)42(37)34-17-9-29(10-18-34)6-5-23-41-53(4,48)49/h7-18,35-37,41,47H,5-6,19-25H2,1-4H3/t35-,36?,37-/m1/s1. The van der Waals surface area contributed by atoms with Gasteiger partial charge in [0.25, 0.3) is 0 Å². The zero-order valence-corrected chi connectivity index (χ0v) is 31.2. The summed E-state index contributed by atoms with van der Waals surface area (Å²) in [5.41, 5.74) is 2.42. The Bertz CT molecular complexity index is 1820. The lowest BCUT2D eigenvalue weighted by Gasteiger charge is -2.48. The molecule has 14 heteroatoms. The van der Waals surface area contributed by atoms with Crippen molar-refractivity contribution >= 4 is 39.5 Å². The Kier molecular flexibility index (Phi) is 14.3. The normalized spacial score (nSPS) is 16.4. The Morgan fingerprint density at radius 3 is 1.98 bits per heavy atom. The van der Waals surface area contributed by atoms with Crippen LogP contribution in [0.1, 0.15) is 80.9 Å². The number of halogens is 1. The summed E-state index contributed by atoms with van der Waals surface area (Å²) in [4.78, 5) is 50.4. The molecule has 1 aliphatic heterocycles. The number of aryl methyl sites for hydroxylation is 2. The number of sulfonamides is 1. The number of esters is 3. The third kappa shape index (κ3) is 12.5. The molecule has 1 unspecified atom stereocenters. The number of hydrogen-bond acceptors (Lipinski definition) is 10. The summed E-state index contributed by atoms with van der Waals surface area (Å²) in [7, 11) is -3.27. The van der Waals surface area contributed by atoms with Crippen molar-refractivity contribution in [1.82, 2.24) is 4.72 Å². The van der Waals surface area contributed by atoms with Gasteiger partial charge in [0.2, 0.25) is 15.9 Å². The Morgan fingerprint density at radius 1 is 0.868 bits per heavy atom. The van der Waals surface area contributed by atoms with Crippen molar-refractivity contribution in [3.8, 4) is 0 Å². The topological polar surface area (TPSA) is 166 Å². The summed E-state index contributed by atoms with van der Waals surface area (Å²) in [6, 6.07) is 20.5. The van der Waals surface area contributed by atoms with E-state index in [1.807, 2.05) is 48.5 Å². The highest BCUT2D eigenvalue weighted by atomic mass is 32.2. The zero-order valence-electron chi connectivity index (χ0n) is 30.4. The number of amides is 1. The summed E-state index contributed by atoms with van der Waals surface area (Å²) in [5, 5.41) is 11.1. The SMILES string of the molecule is CC(=O)OCC(O)(CCc1ccc([C@@H]2[C@@H](CCC(OC(C)=O)c3ccc(F)cc3)C(=O)N2c2ccc(CCCNS(C)(=O)=O)cc2)cc1)COC(C)=O. The van der Waals surface area contributed by atoms with Crippen LogP contribution >= 0.6 is 0 Å². The molecular formula is C39H47FN2O10S. The second kappa shape index (κ2) is 18.4. The van der Waals surface area contributed by atoms with Gasteiger partial charge in [0.05, 0.1) is 18.2 Å². The quantitative estimate of drug-likeness (QED) is 0.0746. The molecule has 286 valence electrons. The third-order valence-corrected chi connectivity index (χ3v) is 9.74. The number of anilines is 1. The maximum Gasteiger partial charge on any atom is 0.303 e. The molecule has 0 radical (unpaired) electrons. The van der Waals surface area contributed by atoms with E-state index in [1.165, 1.54) is 32.9 Å². The molecule has 53 heavy (non-hydrogen) atoms. The van der Waals surface area contributed by atoms with Crippen LogP contribution in [-0.2, 0) is 56.3 Å². The van der Waals surface area contributed by atoms with E-state index in [9.17, 15) is 37.1 Å². The van der Waals surface area contributed by atoms with Gasteiger partial charge in [0.15, 0.2) is 0 Å². The molecule has 1 fully saturated rings. The van der Waals surface area contributed by atoms with Crippen LogP contribution in [-0.4, -0.2) is 69.0 Å². The largest absolute Gasteiger partial charge is 0.463 e. The highest BCUT2D eigenvalue weighted by Crippen LogP contribution is 2.46. The first kappa shape index (κ1) is 41.1. The van der Waals surface area contributed by atoms with Gasteiger partial charge in [-0.2, -0.15) is 0 Å². The summed E-state index contributed by atoms with van der Waals surface area (Å²) < 4.78 is 54.5. The first-order chi connectivity index (χ1) is 25.0. The number of hydrogen-bond donors (Lipinski definition) is 2. The minimum Gasteiger partial charge on any atom is -0.463 e. The highest BCUT2D eigenvalue weighted by molar-refractivity contribution is 7.88. The van der Waals surface area contributed by atoms with Gasteiger partial charge >= 0.3 is 17.9 Å². The second-order valence-electron chi connectivity index (χ2n) is 13.4. The Hall–Kier alpha value is -4.66. The molecule has 12 nitrogen and oxygen atoms in total. The van der Waals surface area contributed by atoms with Gasteiger partial charge in [-0.15, -0.1) is 0 Å². The first-order valence-electron chi connectivity index (χ1n) is 17.4. The van der Waals surface area contributed by atoms with Crippen molar-refractivity contribution in [3.63, 3.8) is 0 Å². The average molecular weight is 755 g/mol. The molecule has 1 aliphatic rings. The van der Waals surface area contributed by atoms with E-state index in [0.717, 1.165) is 22.9 Å². The molecule has 3 aromatic carbocycles. The molecule has 0 aliphatic carbocycles. The molecule has 1 amide bonds. The van der Waals surface area contributed by atoms with Crippen molar-refractivity contribution in [2.24, 2.45) is 5.92 Å². The van der Waals surface area contributed by atoms with Crippen molar-refractivity contribution < 1.29 is 51.3 Å². The van der Waals surface area contributed by atoms with E-state index < -0.39 is 51.4 Å². The van der Waals surface area contributed by atoms with Gasteiger partial charge in [-0.25, -0.2) is 17.5 Å². The minimum absolute atomic E-state index is 0.106. The van der Waals surface area contributed by atoms with Crippen molar-refractivity contribution in [2.75, 3.05) is 30.9 Å². The summed E-state index contributed by atoms with van der Waals surface area (Å²) >= 11 is 0. The van der Waals surface area contributed by atoms with Crippen molar-refractivity contribution in [1.29, 1.82) is 0 Å². The van der Waals surface area contributed by atoms with E-state index in [0.29, 0.717) is 49.9 Å². The number of rotatable bonds is 19. The van der Waals surface area contributed by atoms with E-state index in [-0.39, 0.29) is 31.6 Å². The van der Waals surface area contributed by atoms with Crippen LogP contribution < -0.4 is 9.62 Å². The van der Waals surface area contributed by atoms with Crippen LogP contribution in [0.2, 0.25) is 0 Å². The molecular weight excluding hydrogens is 707 g/mol. The van der Waals surface area contributed by atoms with Crippen LogP contribution in [0.4, 0.5) is 10.1 Å². The maximum atomic E-state index is 13.9. The van der Waals surface area contributed by atoms with Crippen LogP contribution in [0.3, 0.4) is 0 Å². The lowest BCUT2D eigenvalue weighted by Crippen LogP contribution is -2.55. The molecule has 1 saturated heterocycles. The maximum absolute atomic E-state index is 13.9. The Labute approximate surface area is 309 Å². The molecule has 3 aromatic rings. The zero-order chi connectivity index (χ0) is 38.8. The molecule has 0 bridgehead atoms. The smallest absolute Gasteiger partial charge is 0.303 e. The van der Waals surface area contributed by atoms with E-state index >= 15 is 0 Å². The number of nitrogens with one attached hydrogen (secondary N) is 1. The molecule has 1 heterocycles. The molecule has 2 N–H and O–H groups in total. The summed E-state index contributed by atoms with van der Waals surface area (Å²) in [6.45, 7) is 3.39. The summed E-state index contributed by atoms with van der Waals surface area (Å²) in [6.07, 6.45) is 2.91. The lowest BCUT2D eigenvalue weighted by molar-refractivity contribution is -0.161.